The molecule has 1 heteroatoms. The summed E-state index contributed by atoms with van der Waals surface area (Å²) in [6.07, 6.45) is 2.59. The van der Waals surface area contributed by atoms with Crippen LogP contribution in [0.5, 0.6) is 0 Å². The Kier molecular flexibility index (Phi) is 5.54. The highest BCUT2D eigenvalue weighted by Gasteiger charge is 2.03. The molecular weight excluding hydrogens is 194 g/mol. The van der Waals surface area contributed by atoms with Gasteiger partial charge in [-0.1, -0.05) is 50.1 Å². The lowest BCUT2D eigenvalue weighted by Gasteiger charge is -2.18. The summed E-state index contributed by atoms with van der Waals surface area (Å²) in [6, 6.07) is 8.85. The Balaban J connectivity index is 2.33. The molecular formula is C15H25N. The van der Waals surface area contributed by atoms with Gasteiger partial charge in [-0.3, -0.25) is 0 Å². The number of rotatable bonds is 6. The van der Waals surface area contributed by atoms with Crippen LogP contribution in [0.25, 0.3) is 0 Å². The summed E-state index contributed by atoms with van der Waals surface area (Å²) in [7, 11) is 2.21. The van der Waals surface area contributed by atoms with Crippen LogP contribution in [0.2, 0.25) is 0 Å². The molecule has 1 nitrogen and oxygen atoms in total. The average molecular weight is 219 g/mol. The van der Waals surface area contributed by atoms with Crippen LogP contribution in [0.15, 0.2) is 24.3 Å². The first kappa shape index (κ1) is 13.2. The Labute approximate surface area is 100 Å². The van der Waals surface area contributed by atoms with Gasteiger partial charge in [0.2, 0.25) is 0 Å². The molecule has 1 atom stereocenters. The molecule has 0 bridgehead atoms. The molecule has 0 N–H and O–H groups in total. The third-order valence-corrected chi connectivity index (χ3v) is 3.27. The summed E-state index contributed by atoms with van der Waals surface area (Å²) in [5.41, 5.74) is 2.75. The van der Waals surface area contributed by atoms with Gasteiger partial charge in [0, 0.05) is 6.54 Å². The number of nitrogens with zero attached hydrogens (tertiary/aromatic N) is 1. The summed E-state index contributed by atoms with van der Waals surface area (Å²) in [5, 5.41) is 0. The minimum atomic E-state index is 0.848. The molecule has 0 saturated carbocycles. The van der Waals surface area contributed by atoms with Crippen molar-refractivity contribution in [2.24, 2.45) is 5.92 Å². The quantitative estimate of drug-likeness (QED) is 0.702. The summed E-state index contributed by atoms with van der Waals surface area (Å²) < 4.78 is 0. The molecule has 0 aliphatic heterocycles. The predicted molar refractivity (Wildman–Crippen MR) is 71.6 cm³/mol. The van der Waals surface area contributed by atoms with Crippen LogP contribution in [0.3, 0.4) is 0 Å². The molecule has 0 amide bonds. The SMILES string of the molecule is CCC(C)CCN(C)Cc1ccc(C)cc1. The van der Waals surface area contributed by atoms with Crippen molar-refractivity contribution >= 4 is 0 Å². The molecule has 0 saturated heterocycles. The largest absolute Gasteiger partial charge is 0.302 e. The van der Waals surface area contributed by atoms with Crippen LogP contribution in [0, 0.1) is 12.8 Å². The molecule has 16 heavy (non-hydrogen) atoms. The van der Waals surface area contributed by atoms with Gasteiger partial charge in [0.1, 0.15) is 0 Å². The maximum Gasteiger partial charge on any atom is 0.0230 e. The van der Waals surface area contributed by atoms with Crippen molar-refractivity contribution in [3.05, 3.63) is 35.4 Å². The third kappa shape index (κ3) is 4.80. The zero-order valence-electron chi connectivity index (χ0n) is 11.2. The van der Waals surface area contributed by atoms with Gasteiger partial charge in [-0.25, -0.2) is 0 Å². The van der Waals surface area contributed by atoms with Crippen molar-refractivity contribution in [3.63, 3.8) is 0 Å². The van der Waals surface area contributed by atoms with Crippen molar-refractivity contribution in [1.82, 2.24) is 4.90 Å². The topological polar surface area (TPSA) is 3.24 Å². The molecule has 1 rings (SSSR count). The van der Waals surface area contributed by atoms with Crippen molar-refractivity contribution in [2.45, 2.75) is 40.2 Å². The zero-order chi connectivity index (χ0) is 12.0. The van der Waals surface area contributed by atoms with E-state index in [4.69, 9.17) is 0 Å². The van der Waals surface area contributed by atoms with Gasteiger partial charge < -0.3 is 4.90 Å². The smallest absolute Gasteiger partial charge is 0.0230 e. The van der Waals surface area contributed by atoms with E-state index in [0.717, 1.165) is 12.5 Å². The van der Waals surface area contributed by atoms with Crippen molar-refractivity contribution in [1.29, 1.82) is 0 Å². The first-order valence-corrected chi connectivity index (χ1v) is 6.36. The predicted octanol–water partition coefficient (Wildman–Crippen LogP) is 3.86. The van der Waals surface area contributed by atoms with Crippen LogP contribution < -0.4 is 0 Å². The lowest BCUT2D eigenvalue weighted by molar-refractivity contribution is 0.296. The minimum absolute atomic E-state index is 0.848. The Morgan fingerprint density at radius 1 is 1.19 bits per heavy atom. The highest BCUT2D eigenvalue weighted by molar-refractivity contribution is 5.21. The van der Waals surface area contributed by atoms with E-state index in [1.165, 1.54) is 30.5 Å². The first-order valence-electron chi connectivity index (χ1n) is 6.36. The normalized spacial score (nSPS) is 13.1. The van der Waals surface area contributed by atoms with E-state index in [2.05, 4.69) is 57.0 Å². The monoisotopic (exact) mass is 219 g/mol. The second kappa shape index (κ2) is 6.70. The van der Waals surface area contributed by atoms with Crippen molar-refractivity contribution in [3.8, 4) is 0 Å². The van der Waals surface area contributed by atoms with Gasteiger partial charge in [-0.05, 0) is 38.4 Å². The Hall–Kier alpha value is -0.820. The lowest BCUT2D eigenvalue weighted by Crippen LogP contribution is -2.20. The highest BCUT2D eigenvalue weighted by atomic mass is 15.1. The average Bonchev–Trinajstić information content (AvgIpc) is 2.29. The zero-order valence-corrected chi connectivity index (χ0v) is 11.2. The fourth-order valence-electron chi connectivity index (χ4n) is 1.73. The van der Waals surface area contributed by atoms with Crippen LogP contribution >= 0.6 is 0 Å². The molecule has 1 aromatic carbocycles. The van der Waals surface area contributed by atoms with E-state index in [0.29, 0.717) is 0 Å². The molecule has 0 aromatic heterocycles. The van der Waals surface area contributed by atoms with E-state index in [1.54, 1.807) is 0 Å². The Bertz CT molecular complexity index is 289. The van der Waals surface area contributed by atoms with Gasteiger partial charge in [0.15, 0.2) is 0 Å². The lowest BCUT2D eigenvalue weighted by atomic mass is 10.1. The van der Waals surface area contributed by atoms with Crippen LogP contribution in [0.1, 0.15) is 37.8 Å². The van der Waals surface area contributed by atoms with E-state index in [9.17, 15) is 0 Å². The van der Waals surface area contributed by atoms with Crippen molar-refractivity contribution in [2.75, 3.05) is 13.6 Å². The van der Waals surface area contributed by atoms with E-state index < -0.39 is 0 Å². The maximum atomic E-state index is 2.41. The second-order valence-electron chi connectivity index (χ2n) is 5.03. The van der Waals surface area contributed by atoms with Gasteiger partial charge in [-0.15, -0.1) is 0 Å². The number of benzene rings is 1. The number of hydrogen-bond acceptors (Lipinski definition) is 1. The molecule has 1 aromatic rings. The summed E-state index contributed by atoms with van der Waals surface area (Å²) in [5.74, 6) is 0.848. The van der Waals surface area contributed by atoms with E-state index in [-0.39, 0.29) is 0 Å². The van der Waals surface area contributed by atoms with Gasteiger partial charge >= 0.3 is 0 Å². The third-order valence-electron chi connectivity index (χ3n) is 3.27. The van der Waals surface area contributed by atoms with Gasteiger partial charge in [0.05, 0.1) is 0 Å². The molecule has 0 radical (unpaired) electrons. The highest BCUT2D eigenvalue weighted by Crippen LogP contribution is 2.10. The summed E-state index contributed by atoms with van der Waals surface area (Å²) >= 11 is 0. The van der Waals surface area contributed by atoms with Gasteiger partial charge in [0.25, 0.3) is 0 Å². The first-order chi connectivity index (χ1) is 7.61. The van der Waals surface area contributed by atoms with Gasteiger partial charge in [-0.2, -0.15) is 0 Å². The molecule has 0 heterocycles. The Morgan fingerprint density at radius 2 is 1.81 bits per heavy atom. The van der Waals surface area contributed by atoms with Crippen LogP contribution in [0.4, 0.5) is 0 Å². The summed E-state index contributed by atoms with van der Waals surface area (Å²) in [4.78, 5) is 2.41. The molecule has 0 aliphatic carbocycles. The second-order valence-corrected chi connectivity index (χ2v) is 5.03. The number of aryl methyl sites for hydroxylation is 1. The standard InChI is InChI=1S/C15H25N/c1-5-13(2)10-11-16(4)12-15-8-6-14(3)7-9-15/h6-9,13H,5,10-12H2,1-4H3. The summed E-state index contributed by atoms with van der Waals surface area (Å²) in [6.45, 7) is 9.00. The fourth-order valence-corrected chi connectivity index (χ4v) is 1.73. The van der Waals surface area contributed by atoms with Crippen LogP contribution in [-0.2, 0) is 6.54 Å². The van der Waals surface area contributed by atoms with Crippen molar-refractivity contribution < 1.29 is 0 Å². The fraction of sp³-hybridized carbons (Fsp3) is 0.600. The van der Waals surface area contributed by atoms with Crippen LogP contribution in [-0.4, -0.2) is 18.5 Å². The minimum Gasteiger partial charge on any atom is -0.302 e. The maximum absolute atomic E-state index is 2.41. The molecule has 1 unspecified atom stereocenters. The molecule has 0 aliphatic rings. The molecule has 0 spiro atoms. The number of hydrogen-bond donors (Lipinski definition) is 0. The molecule has 90 valence electrons. The Morgan fingerprint density at radius 3 is 2.38 bits per heavy atom. The van der Waals surface area contributed by atoms with E-state index >= 15 is 0 Å². The molecule has 0 fully saturated rings. The van der Waals surface area contributed by atoms with E-state index in [1.807, 2.05) is 0 Å².